The van der Waals surface area contributed by atoms with E-state index < -0.39 is 0 Å². The van der Waals surface area contributed by atoms with Gasteiger partial charge in [-0.15, -0.1) is 0 Å². The van der Waals surface area contributed by atoms with Crippen molar-refractivity contribution >= 4 is 5.91 Å². The third-order valence-electron chi connectivity index (χ3n) is 3.98. The van der Waals surface area contributed by atoms with Gasteiger partial charge in [0.2, 0.25) is 5.91 Å². The predicted octanol–water partition coefficient (Wildman–Crippen LogP) is 0.514. The Morgan fingerprint density at radius 2 is 2.14 bits per heavy atom. The maximum absolute atomic E-state index is 11.3. The van der Waals surface area contributed by atoms with Crippen molar-refractivity contribution < 1.29 is 9.28 Å². The van der Waals surface area contributed by atoms with Gasteiger partial charge in [0, 0.05) is 12.8 Å². The van der Waals surface area contributed by atoms with Crippen LogP contribution in [0.4, 0.5) is 0 Å². The number of carbonyl (C=O) groups is 1. The first kappa shape index (κ1) is 9.71. The zero-order valence-corrected chi connectivity index (χ0v) is 8.61. The molecule has 2 N–H and O–H groups in total. The number of hydrogen-bond donors (Lipinski definition) is 1. The molecule has 3 aliphatic heterocycles. The summed E-state index contributed by atoms with van der Waals surface area (Å²) in [6.07, 6.45) is 4.31. The Morgan fingerprint density at radius 1 is 1.50 bits per heavy atom. The van der Waals surface area contributed by atoms with Gasteiger partial charge in [-0.3, -0.25) is 4.79 Å². The Labute approximate surface area is 85.2 Å². The molecular weight excluding hydrogens is 176 g/mol. The number of rotatable bonds is 3. The topological polar surface area (TPSA) is 43.1 Å². The zero-order chi connectivity index (χ0) is 10.2. The highest BCUT2D eigenvalue weighted by Gasteiger charge is 2.47. The Morgan fingerprint density at radius 3 is 2.64 bits per heavy atom. The number of hydrogen-bond acceptors (Lipinski definition) is 1. The Bertz CT molecular complexity index is 254. The van der Waals surface area contributed by atoms with Gasteiger partial charge in [-0.25, -0.2) is 0 Å². The summed E-state index contributed by atoms with van der Waals surface area (Å²) < 4.78 is 1.05. The molecular formula is C11H19N2O+. The van der Waals surface area contributed by atoms with E-state index in [-0.39, 0.29) is 11.8 Å². The van der Waals surface area contributed by atoms with Gasteiger partial charge >= 0.3 is 0 Å². The van der Waals surface area contributed by atoms with Crippen molar-refractivity contribution in [2.75, 3.05) is 26.2 Å². The van der Waals surface area contributed by atoms with Crippen LogP contribution in [0.2, 0.25) is 0 Å². The smallest absolute Gasteiger partial charge is 0.226 e. The van der Waals surface area contributed by atoms with E-state index >= 15 is 0 Å². The number of nitrogens with two attached hydrogens (primary N) is 1. The van der Waals surface area contributed by atoms with Gasteiger partial charge < -0.3 is 10.2 Å². The SMILES string of the molecule is C=CC[N+]12CCC(CC1)C(C(N)=O)C2. The first-order valence-electron chi connectivity index (χ1n) is 5.42. The van der Waals surface area contributed by atoms with E-state index in [1.54, 1.807) is 0 Å². The normalized spacial score (nSPS) is 40.9. The second kappa shape index (κ2) is 3.39. The number of fused-ring (bicyclic) bond motifs is 3. The second-order valence-corrected chi connectivity index (χ2v) is 4.79. The van der Waals surface area contributed by atoms with Crippen LogP contribution in [0.3, 0.4) is 0 Å². The minimum absolute atomic E-state index is 0.0963. The fourth-order valence-corrected chi connectivity index (χ4v) is 3.14. The highest BCUT2D eigenvalue weighted by molar-refractivity contribution is 5.77. The average Bonchev–Trinajstić information content (AvgIpc) is 2.19. The fraction of sp³-hybridized carbons (Fsp3) is 0.727. The summed E-state index contributed by atoms with van der Waals surface area (Å²) in [7, 11) is 0. The van der Waals surface area contributed by atoms with Crippen LogP contribution in [0.1, 0.15) is 12.8 Å². The summed E-state index contributed by atoms with van der Waals surface area (Å²) >= 11 is 0. The monoisotopic (exact) mass is 195 g/mol. The van der Waals surface area contributed by atoms with Crippen LogP contribution in [0.5, 0.6) is 0 Å². The van der Waals surface area contributed by atoms with Crippen molar-refractivity contribution in [1.29, 1.82) is 0 Å². The molecule has 78 valence electrons. The molecule has 3 heterocycles. The summed E-state index contributed by atoms with van der Waals surface area (Å²) in [5.41, 5.74) is 5.43. The molecule has 3 rings (SSSR count). The van der Waals surface area contributed by atoms with Crippen LogP contribution < -0.4 is 5.73 Å². The standard InChI is InChI=1S/C11H18N2O/c1-2-5-13-6-3-9(4-7-13)10(8-13)11(12)14/h2,9-10H,1,3-8H2,(H-,12,14)/p+1. The minimum Gasteiger partial charge on any atom is -0.369 e. The van der Waals surface area contributed by atoms with E-state index in [2.05, 4.69) is 6.58 Å². The first-order valence-corrected chi connectivity index (χ1v) is 5.42. The molecule has 1 amide bonds. The summed E-state index contributed by atoms with van der Waals surface area (Å²) in [6.45, 7) is 8.17. The van der Waals surface area contributed by atoms with Gasteiger partial charge in [0.05, 0.1) is 32.1 Å². The third kappa shape index (κ3) is 1.46. The van der Waals surface area contributed by atoms with Crippen molar-refractivity contribution in [3.8, 4) is 0 Å². The molecule has 0 aromatic carbocycles. The lowest BCUT2D eigenvalue weighted by atomic mass is 9.77. The molecule has 0 spiro atoms. The molecule has 0 aromatic rings. The van der Waals surface area contributed by atoms with Crippen LogP contribution in [-0.4, -0.2) is 36.6 Å². The van der Waals surface area contributed by atoms with E-state index in [0.29, 0.717) is 5.92 Å². The molecule has 3 heteroatoms. The van der Waals surface area contributed by atoms with Crippen LogP contribution in [0.15, 0.2) is 12.7 Å². The summed E-state index contributed by atoms with van der Waals surface area (Å²) in [5.74, 6) is 0.593. The molecule has 3 saturated heterocycles. The van der Waals surface area contributed by atoms with Gasteiger partial charge in [-0.05, 0) is 12.0 Å². The minimum atomic E-state index is -0.0963. The summed E-state index contributed by atoms with van der Waals surface area (Å²) in [4.78, 5) is 11.3. The molecule has 3 fully saturated rings. The highest BCUT2D eigenvalue weighted by atomic mass is 16.1. The summed E-state index contributed by atoms with van der Waals surface area (Å²) in [6, 6.07) is 0. The number of carbonyl (C=O) groups excluding carboxylic acids is 1. The van der Waals surface area contributed by atoms with E-state index in [0.717, 1.165) is 17.6 Å². The van der Waals surface area contributed by atoms with Crippen molar-refractivity contribution in [1.82, 2.24) is 0 Å². The average molecular weight is 195 g/mol. The molecule has 0 aliphatic carbocycles. The maximum atomic E-state index is 11.3. The largest absolute Gasteiger partial charge is 0.369 e. The predicted molar refractivity (Wildman–Crippen MR) is 55.3 cm³/mol. The lowest BCUT2D eigenvalue weighted by Gasteiger charge is -2.51. The van der Waals surface area contributed by atoms with Crippen LogP contribution >= 0.6 is 0 Å². The molecule has 0 saturated carbocycles. The first-order chi connectivity index (χ1) is 6.67. The van der Waals surface area contributed by atoms with Crippen molar-refractivity contribution in [3.63, 3.8) is 0 Å². The van der Waals surface area contributed by atoms with Gasteiger partial charge in [-0.2, -0.15) is 0 Å². The van der Waals surface area contributed by atoms with E-state index in [9.17, 15) is 4.79 Å². The van der Waals surface area contributed by atoms with Crippen molar-refractivity contribution in [2.45, 2.75) is 12.8 Å². The Kier molecular flexibility index (Phi) is 2.35. The van der Waals surface area contributed by atoms with Gasteiger partial charge in [0.1, 0.15) is 0 Å². The Balaban J connectivity index is 2.14. The van der Waals surface area contributed by atoms with Crippen molar-refractivity contribution in [3.05, 3.63) is 12.7 Å². The zero-order valence-electron chi connectivity index (χ0n) is 8.61. The number of primary amides is 1. The Hall–Kier alpha value is -0.830. The third-order valence-corrected chi connectivity index (χ3v) is 3.98. The number of quaternary nitrogens is 1. The quantitative estimate of drug-likeness (QED) is 0.517. The molecule has 3 nitrogen and oxygen atoms in total. The molecule has 3 aliphatic rings. The maximum Gasteiger partial charge on any atom is 0.226 e. The lowest BCUT2D eigenvalue weighted by Crippen LogP contribution is -2.63. The van der Waals surface area contributed by atoms with Crippen LogP contribution in [-0.2, 0) is 4.79 Å². The van der Waals surface area contributed by atoms with E-state index in [1.165, 1.54) is 25.9 Å². The second-order valence-electron chi connectivity index (χ2n) is 4.79. The van der Waals surface area contributed by atoms with E-state index in [1.807, 2.05) is 6.08 Å². The number of piperidine rings is 3. The highest BCUT2D eigenvalue weighted by Crippen LogP contribution is 2.37. The van der Waals surface area contributed by atoms with Crippen LogP contribution in [0.25, 0.3) is 0 Å². The number of amides is 1. The van der Waals surface area contributed by atoms with Crippen molar-refractivity contribution in [2.24, 2.45) is 17.6 Å². The molecule has 2 bridgehead atoms. The molecule has 0 aromatic heterocycles. The molecule has 1 unspecified atom stereocenters. The molecule has 1 atom stereocenters. The van der Waals surface area contributed by atoms with Gasteiger partial charge in [0.15, 0.2) is 0 Å². The van der Waals surface area contributed by atoms with Gasteiger partial charge in [-0.1, -0.05) is 6.58 Å². The lowest BCUT2D eigenvalue weighted by molar-refractivity contribution is -0.940. The molecule has 14 heavy (non-hydrogen) atoms. The van der Waals surface area contributed by atoms with E-state index in [4.69, 9.17) is 5.73 Å². The molecule has 0 radical (unpaired) electrons. The number of nitrogens with zero attached hydrogens (tertiary/aromatic N) is 1. The summed E-state index contributed by atoms with van der Waals surface area (Å²) in [5, 5.41) is 0. The van der Waals surface area contributed by atoms with Crippen LogP contribution in [0, 0.1) is 11.8 Å². The van der Waals surface area contributed by atoms with Gasteiger partial charge in [0.25, 0.3) is 0 Å². The fourth-order valence-electron chi connectivity index (χ4n) is 3.14.